The molecule has 0 radical (unpaired) electrons. The van der Waals surface area contributed by atoms with Crippen molar-refractivity contribution >= 4 is 33.0 Å². The highest BCUT2D eigenvalue weighted by molar-refractivity contribution is 7.91. The Hall–Kier alpha value is -0.390. The van der Waals surface area contributed by atoms with Crippen molar-refractivity contribution in [3.05, 3.63) is 17.3 Å². The Kier molecular flexibility index (Phi) is 4.10. The molecule has 0 saturated carbocycles. The van der Waals surface area contributed by atoms with E-state index < -0.39 is 9.84 Å². The second-order valence-electron chi connectivity index (χ2n) is 2.56. The van der Waals surface area contributed by atoms with Crippen molar-refractivity contribution in [1.82, 2.24) is 10.2 Å². The SMILES string of the molecule is O=S(=O)(CCCCl)c1ccc(Cl)nn1. The zero-order valence-electron chi connectivity index (χ0n) is 7.15. The lowest BCUT2D eigenvalue weighted by Gasteiger charge is -2.00. The van der Waals surface area contributed by atoms with Gasteiger partial charge in [-0.15, -0.1) is 21.8 Å². The minimum Gasteiger partial charge on any atom is -0.222 e. The molecular formula is C7H8Cl2N2O2S. The summed E-state index contributed by atoms with van der Waals surface area (Å²) in [5, 5.41) is 7.05. The van der Waals surface area contributed by atoms with Crippen molar-refractivity contribution in [1.29, 1.82) is 0 Å². The summed E-state index contributed by atoms with van der Waals surface area (Å²) < 4.78 is 23.0. The number of halogens is 2. The molecule has 1 aromatic heterocycles. The predicted octanol–water partition coefficient (Wildman–Crippen LogP) is 1.53. The van der Waals surface area contributed by atoms with Crippen LogP contribution in [-0.4, -0.2) is 30.2 Å². The maximum atomic E-state index is 11.5. The van der Waals surface area contributed by atoms with Crippen LogP contribution in [0.1, 0.15) is 6.42 Å². The maximum absolute atomic E-state index is 11.5. The van der Waals surface area contributed by atoms with Crippen molar-refractivity contribution in [3.63, 3.8) is 0 Å². The first-order valence-electron chi connectivity index (χ1n) is 3.84. The van der Waals surface area contributed by atoms with Crippen LogP contribution in [-0.2, 0) is 9.84 Å². The zero-order valence-corrected chi connectivity index (χ0v) is 9.48. The molecule has 0 atom stereocenters. The minimum atomic E-state index is -3.36. The van der Waals surface area contributed by atoms with Crippen LogP contribution in [0, 0.1) is 0 Å². The van der Waals surface area contributed by atoms with Gasteiger partial charge < -0.3 is 0 Å². The van der Waals surface area contributed by atoms with Crippen molar-refractivity contribution < 1.29 is 8.42 Å². The molecule has 0 N–H and O–H groups in total. The molecule has 7 heteroatoms. The van der Waals surface area contributed by atoms with Crippen LogP contribution < -0.4 is 0 Å². The molecule has 1 rings (SSSR count). The summed E-state index contributed by atoms with van der Waals surface area (Å²) >= 11 is 10.9. The van der Waals surface area contributed by atoms with Crippen LogP contribution in [0.15, 0.2) is 17.2 Å². The fourth-order valence-electron chi connectivity index (χ4n) is 0.819. The summed E-state index contributed by atoms with van der Waals surface area (Å²) in [7, 11) is -3.36. The van der Waals surface area contributed by atoms with Gasteiger partial charge in [-0.3, -0.25) is 0 Å². The Balaban J connectivity index is 2.87. The number of rotatable bonds is 4. The molecule has 4 nitrogen and oxygen atoms in total. The molecule has 1 heterocycles. The Morgan fingerprint density at radius 2 is 2.00 bits per heavy atom. The van der Waals surface area contributed by atoms with Gasteiger partial charge in [0.25, 0.3) is 0 Å². The smallest absolute Gasteiger partial charge is 0.197 e. The summed E-state index contributed by atoms with van der Waals surface area (Å²) in [5.74, 6) is 0.285. The molecule has 0 fully saturated rings. The lowest BCUT2D eigenvalue weighted by molar-refractivity contribution is 0.589. The van der Waals surface area contributed by atoms with E-state index in [0.717, 1.165) is 0 Å². The van der Waals surface area contributed by atoms with Gasteiger partial charge in [-0.2, -0.15) is 0 Å². The number of hydrogen-bond donors (Lipinski definition) is 0. The van der Waals surface area contributed by atoms with Gasteiger partial charge in [0, 0.05) is 5.88 Å². The normalized spacial score (nSPS) is 11.6. The summed E-state index contributed by atoms with van der Waals surface area (Å²) in [6.45, 7) is 0. The van der Waals surface area contributed by atoms with E-state index in [1.54, 1.807) is 0 Å². The van der Waals surface area contributed by atoms with Gasteiger partial charge in [0.2, 0.25) is 0 Å². The molecule has 0 amide bonds. The van der Waals surface area contributed by atoms with Gasteiger partial charge in [-0.1, -0.05) is 11.6 Å². The summed E-state index contributed by atoms with van der Waals surface area (Å²) in [4.78, 5) is 0. The van der Waals surface area contributed by atoms with Crippen LogP contribution in [0.4, 0.5) is 0 Å². The standard InChI is InChI=1S/C7H8Cl2N2O2S/c8-4-1-5-14(12,13)7-3-2-6(9)10-11-7/h2-3H,1,4-5H2. The molecule has 78 valence electrons. The quantitative estimate of drug-likeness (QED) is 0.765. The molecule has 0 aliphatic rings. The second-order valence-corrected chi connectivity index (χ2v) is 5.38. The third-order valence-corrected chi connectivity index (χ3v) is 3.62. The lowest BCUT2D eigenvalue weighted by atomic mass is 10.6. The van der Waals surface area contributed by atoms with Crippen LogP contribution in [0.3, 0.4) is 0 Å². The monoisotopic (exact) mass is 254 g/mol. The van der Waals surface area contributed by atoms with E-state index in [1.807, 2.05) is 0 Å². The molecule has 14 heavy (non-hydrogen) atoms. The Morgan fingerprint density at radius 1 is 1.29 bits per heavy atom. The number of nitrogens with zero attached hydrogens (tertiary/aromatic N) is 2. The number of alkyl halides is 1. The van der Waals surface area contributed by atoms with Crippen LogP contribution >= 0.6 is 23.2 Å². The van der Waals surface area contributed by atoms with E-state index in [1.165, 1.54) is 12.1 Å². The topological polar surface area (TPSA) is 59.9 Å². The molecule has 1 aromatic rings. The largest absolute Gasteiger partial charge is 0.222 e. The van der Waals surface area contributed by atoms with Crippen molar-refractivity contribution in [2.75, 3.05) is 11.6 Å². The fraction of sp³-hybridized carbons (Fsp3) is 0.429. The molecule has 0 unspecified atom stereocenters. The van der Waals surface area contributed by atoms with Gasteiger partial charge in [0.15, 0.2) is 20.0 Å². The molecule has 0 aliphatic heterocycles. The highest BCUT2D eigenvalue weighted by atomic mass is 35.5. The second kappa shape index (κ2) is 4.91. The first-order chi connectivity index (χ1) is 6.56. The zero-order chi connectivity index (χ0) is 10.6. The molecule has 0 aliphatic carbocycles. The summed E-state index contributed by atoms with van der Waals surface area (Å²) in [6.07, 6.45) is 0.397. The van der Waals surface area contributed by atoms with Crippen LogP contribution in [0.2, 0.25) is 5.15 Å². The minimum absolute atomic E-state index is 0.0210. The third-order valence-electron chi connectivity index (χ3n) is 1.47. The molecule has 0 saturated heterocycles. The van der Waals surface area contributed by atoms with E-state index in [4.69, 9.17) is 23.2 Å². The highest BCUT2D eigenvalue weighted by Gasteiger charge is 2.15. The van der Waals surface area contributed by atoms with E-state index in [9.17, 15) is 8.42 Å². The van der Waals surface area contributed by atoms with Crippen molar-refractivity contribution in [2.45, 2.75) is 11.4 Å². The van der Waals surface area contributed by atoms with Crippen molar-refractivity contribution in [3.8, 4) is 0 Å². The molecular weight excluding hydrogens is 247 g/mol. The van der Waals surface area contributed by atoms with Crippen LogP contribution in [0.5, 0.6) is 0 Å². The van der Waals surface area contributed by atoms with E-state index in [0.29, 0.717) is 12.3 Å². The van der Waals surface area contributed by atoms with Crippen molar-refractivity contribution in [2.24, 2.45) is 0 Å². The molecule has 0 aromatic carbocycles. The Morgan fingerprint density at radius 3 is 2.50 bits per heavy atom. The first kappa shape index (κ1) is 11.7. The van der Waals surface area contributed by atoms with E-state index >= 15 is 0 Å². The fourth-order valence-corrected chi connectivity index (χ4v) is 2.39. The average molecular weight is 255 g/mol. The summed E-state index contributed by atoms with van der Waals surface area (Å²) in [5.41, 5.74) is 0. The summed E-state index contributed by atoms with van der Waals surface area (Å²) in [6, 6.07) is 2.72. The molecule has 0 spiro atoms. The third kappa shape index (κ3) is 3.08. The maximum Gasteiger partial charge on any atom is 0.197 e. The van der Waals surface area contributed by atoms with E-state index in [-0.39, 0.29) is 15.9 Å². The number of sulfone groups is 1. The predicted molar refractivity (Wildman–Crippen MR) is 54.4 cm³/mol. The van der Waals surface area contributed by atoms with Gasteiger partial charge in [-0.25, -0.2) is 8.42 Å². The molecule has 0 bridgehead atoms. The first-order valence-corrected chi connectivity index (χ1v) is 6.41. The number of hydrogen-bond acceptors (Lipinski definition) is 4. The lowest BCUT2D eigenvalue weighted by Crippen LogP contribution is -2.09. The average Bonchev–Trinajstić information content (AvgIpc) is 2.16. The van der Waals surface area contributed by atoms with Gasteiger partial charge in [0.1, 0.15) is 0 Å². The van der Waals surface area contributed by atoms with E-state index in [2.05, 4.69) is 10.2 Å². The highest BCUT2D eigenvalue weighted by Crippen LogP contribution is 2.10. The van der Waals surface area contributed by atoms with Crippen LogP contribution in [0.25, 0.3) is 0 Å². The van der Waals surface area contributed by atoms with Gasteiger partial charge >= 0.3 is 0 Å². The Labute approximate surface area is 92.2 Å². The van der Waals surface area contributed by atoms with Gasteiger partial charge in [0.05, 0.1) is 5.75 Å². The Bertz CT molecular complexity index is 391. The number of aromatic nitrogens is 2. The van der Waals surface area contributed by atoms with Gasteiger partial charge in [-0.05, 0) is 18.6 Å².